The largest absolute Gasteiger partial charge is 0.477 e. The van der Waals surface area contributed by atoms with E-state index in [0.717, 1.165) is 0 Å². The van der Waals surface area contributed by atoms with Gasteiger partial charge in [-0.15, -0.1) is 0 Å². The van der Waals surface area contributed by atoms with Crippen molar-refractivity contribution in [3.8, 4) is 0 Å². The van der Waals surface area contributed by atoms with Gasteiger partial charge in [0.25, 0.3) is 0 Å². The van der Waals surface area contributed by atoms with Gasteiger partial charge >= 0.3 is 5.97 Å². The molecule has 0 saturated heterocycles. The Bertz CT molecular complexity index is 566. The van der Waals surface area contributed by atoms with Crippen LogP contribution in [-0.4, -0.2) is 42.1 Å². The van der Waals surface area contributed by atoms with E-state index in [4.69, 9.17) is 5.11 Å². The zero-order valence-electron chi connectivity index (χ0n) is 11.8. The molecule has 2 N–H and O–H groups in total. The topological polar surface area (TPSA) is 88.4 Å². The molecule has 1 aromatic rings. The summed E-state index contributed by atoms with van der Waals surface area (Å²) < 4.78 is 28.5. The van der Waals surface area contributed by atoms with E-state index in [1.165, 1.54) is 16.8 Å². The third-order valence-electron chi connectivity index (χ3n) is 2.92. The molecule has 0 saturated carbocycles. The number of carbonyl (C=O) groups is 1. The highest BCUT2D eigenvalue weighted by atomic mass is 32.2. The summed E-state index contributed by atoms with van der Waals surface area (Å²) in [5.41, 5.74) is -0.0224. The molecule has 20 heavy (non-hydrogen) atoms. The first-order chi connectivity index (χ1) is 9.35. The lowest BCUT2D eigenvalue weighted by molar-refractivity contribution is 0.0685. The van der Waals surface area contributed by atoms with Crippen molar-refractivity contribution in [3.05, 3.63) is 18.0 Å². The van der Waals surface area contributed by atoms with E-state index in [0.29, 0.717) is 18.7 Å². The third-order valence-corrected chi connectivity index (χ3v) is 5.15. The molecular weight excluding hydrogens is 300 g/mol. The Morgan fingerprint density at radius 3 is 2.55 bits per heavy atom. The van der Waals surface area contributed by atoms with E-state index in [9.17, 15) is 13.2 Å². The number of nitrogens with one attached hydrogen (secondary N) is 1. The van der Waals surface area contributed by atoms with Gasteiger partial charge in [-0.05, 0) is 25.7 Å². The van der Waals surface area contributed by atoms with E-state index < -0.39 is 16.0 Å². The molecule has 0 aliphatic rings. The van der Waals surface area contributed by atoms with E-state index >= 15 is 0 Å². The fourth-order valence-electron chi connectivity index (χ4n) is 1.80. The normalized spacial score (nSPS) is 13.3. The molecule has 1 atom stereocenters. The predicted molar refractivity (Wildman–Crippen MR) is 79.8 cm³/mol. The third kappa shape index (κ3) is 4.00. The van der Waals surface area contributed by atoms with Crippen LogP contribution in [0, 0.1) is 0 Å². The summed E-state index contributed by atoms with van der Waals surface area (Å²) in [5.74, 6) is -0.458. The van der Waals surface area contributed by atoms with Gasteiger partial charge in [0, 0.05) is 24.5 Å². The Morgan fingerprint density at radius 1 is 1.50 bits per heavy atom. The maximum atomic E-state index is 12.3. The van der Waals surface area contributed by atoms with Gasteiger partial charge in [0.1, 0.15) is 10.6 Å². The zero-order chi connectivity index (χ0) is 15.3. The second-order valence-electron chi connectivity index (χ2n) is 4.33. The van der Waals surface area contributed by atoms with Gasteiger partial charge in [-0.25, -0.2) is 17.9 Å². The number of carboxylic acids is 1. The van der Waals surface area contributed by atoms with Crippen LogP contribution in [0.5, 0.6) is 0 Å². The molecule has 0 spiro atoms. The van der Waals surface area contributed by atoms with Crippen molar-refractivity contribution in [3.63, 3.8) is 0 Å². The number of rotatable bonds is 8. The quantitative estimate of drug-likeness (QED) is 0.760. The summed E-state index contributed by atoms with van der Waals surface area (Å²) in [4.78, 5) is 11.1. The lowest BCUT2D eigenvalue weighted by Gasteiger charge is -2.15. The predicted octanol–water partition coefficient (Wildman–Crippen LogP) is 1.63. The minimum atomic E-state index is -3.69. The molecule has 0 aliphatic heterocycles. The van der Waals surface area contributed by atoms with Crippen molar-refractivity contribution in [2.45, 2.75) is 37.8 Å². The van der Waals surface area contributed by atoms with Crippen LogP contribution in [0.4, 0.5) is 0 Å². The van der Waals surface area contributed by atoms with Crippen LogP contribution >= 0.6 is 11.8 Å². The van der Waals surface area contributed by atoms with Gasteiger partial charge in [0.15, 0.2) is 0 Å². The van der Waals surface area contributed by atoms with Crippen LogP contribution in [0.1, 0.15) is 30.8 Å². The first-order valence-corrected chi connectivity index (χ1v) is 9.18. The minimum Gasteiger partial charge on any atom is -0.477 e. The van der Waals surface area contributed by atoms with Crippen LogP contribution in [0.2, 0.25) is 0 Å². The molecule has 1 aromatic heterocycles. The molecule has 1 heterocycles. The fraction of sp³-hybridized carbons (Fsp3) is 0.583. The SMILES string of the molecule is CCC(CSC)NS(=O)(=O)c1cc(C(=O)O)n(CC)c1. The highest BCUT2D eigenvalue weighted by Crippen LogP contribution is 2.16. The zero-order valence-corrected chi connectivity index (χ0v) is 13.4. The molecule has 0 bridgehead atoms. The molecule has 0 amide bonds. The van der Waals surface area contributed by atoms with Gasteiger partial charge in [-0.3, -0.25) is 0 Å². The van der Waals surface area contributed by atoms with Crippen molar-refractivity contribution in [1.82, 2.24) is 9.29 Å². The van der Waals surface area contributed by atoms with Crippen molar-refractivity contribution < 1.29 is 18.3 Å². The molecule has 0 aliphatic carbocycles. The van der Waals surface area contributed by atoms with E-state index in [1.807, 2.05) is 13.2 Å². The maximum absolute atomic E-state index is 12.3. The molecule has 6 nitrogen and oxygen atoms in total. The van der Waals surface area contributed by atoms with E-state index in [-0.39, 0.29) is 16.6 Å². The number of aromatic nitrogens is 1. The van der Waals surface area contributed by atoms with Gasteiger partial charge in [0.05, 0.1) is 0 Å². The van der Waals surface area contributed by atoms with Gasteiger partial charge < -0.3 is 9.67 Å². The van der Waals surface area contributed by atoms with Crippen LogP contribution in [0.15, 0.2) is 17.2 Å². The molecule has 0 aromatic carbocycles. The Balaban J connectivity index is 3.06. The second kappa shape index (κ2) is 7.14. The Morgan fingerprint density at radius 2 is 2.15 bits per heavy atom. The molecule has 114 valence electrons. The molecule has 1 rings (SSSR count). The lowest BCUT2D eigenvalue weighted by Crippen LogP contribution is -2.35. The fourth-order valence-corrected chi connectivity index (χ4v) is 3.98. The van der Waals surface area contributed by atoms with Crippen LogP contribution < -0.4 is 4.72 Å². The smallest absolute Gasteiger partial charge is 0.352 e. The van der Waals surface area contributed by atoms with Gasteiger partial charge in [-0.1, -0.05) is 6.92 Å². The lowest BCUT2D eigenvalue weighted by atomic mass is 10.3. The molecule has 0 radical (unpaired) electrons. The first kappa shape index (κ1) is 17.1. The van der Waals surface area contributed by atoms with Crippen molar-refractivity contribution in [2.24, 2.45) is 0 Å². The first-order valence-electron chi connectivity index (χ1n) is 6.30. The molecule has 8 heteroatoms. The van der Waals surface area contributed by atoms with Crippen molar-refractivity contribution in [1.29, 1.82) is 0 Å². The number of hydrogen-bond acceptors (Lipinski definition) is 4. The van der Waals surface area contributed by atoms with Crippen molar-refractivity contribution >= 4 is 27.8 Å². The van der Waals surface area contributed by atoms with Gasteiger partial charge in [0.2, 0.25) is 10.0 Å². The van der Waals surface area contributed by atoms with E-state index in [1.54, 1.807) is 18.7 Å². The van der Waals surface area contributed by atoms with Crippen LogP contribution in [0.25, 0.3) is 0 Å². The molecule has 0 fully saturated rings. The Kier molecular flexibility index (Phi) is 6.09. The average Bonchev–Trinajstić information content (AvgIpc) is 2.83. The summed E-state index contributed by atoms with van der Waals surface area (Å²) in [6.07, 6.45) is 3.95. The summed E-state index contributed by atoms with van der Waals surface area (Å²) in [6, 6.07) is 1.04. The number of aryl methyl sites for hydroxylation is 1. The highest BCUT2D eigenvalue weighted by Gasteiger charge is 2.23. The number of aromatic carboxylic acids is 1. The highest BCUT2D eigenvalue weighted by molar-refractivity contribution is 7.98. The summed E-state index contributed by atoms with van der Waals surface area (Å²) >= 11 is 1.56. The van der Waals surface area contributed by atoms with Crippen LogP contribution in [-0.2, 0) is 16.6 Å². The number of thioether (sulfide) groups is 1. The molecule has 1 unspecified atom stereocenters. The number of hydrogen-bond donors (Lipinski definition) is 2. The monoisotopic (exact) mass is 320 g/mol. The Hall–Kier alpha value is -0.990. The summed E-state index contributed by atoms with van der Waals surface area (Å²) in [6.45, 7) is 4.07. The Labute approximate surface area is 123 Å². The van der Waals surface area contributed by atoms with Crippen molar-refractivity contribution in [2.75, 3.05) is 12.0 Å². The second-order valence-corrected chi connectivity index (χ2v) is 6.96. The molecular formula is C12H20N2O4S2. The van der Waals surface area contributed by atoms with Gasteiger partial charge in [-0.2, -0.15) is 11.8 Å². The average molecular weight is 320 g/mol. The number of carboxylic acid groups (broad SMARTS) is 1. The summed E-state index contributed by atoms with van der Waals surface area (Å²) in [7, 11) is -3.69. The number of nitrogens with zero attached hydrogens (tertiary/aromatic N) is 1. The minimum absolute atomic E-state index is 0.00342. The standard InChI is InChI=1S/C12H20N2O4S2/c1-4-9(8-19-3)13-20(17,18)10-6-11(12(15)16)14(5-2)7-10/h6-7,9,13H,4-5,8H2,1-3H3,(H,15,16). The number of sulfonamides is 1. The van der Waals surface area contributed by atoms with Crippen LogP contribution in [0.3, 0.4) is 0 Å². The summed E-state index contributed by atoms with van der Waals surface area (Å²) in [5, 5.41) is 9.05. The maximum Gasteiger partial charge on any atom is 0.352 e. The van der Waals surface area contributed by atoms with E-state index in [2.05, 4.69) is 4.72 Å².